The van der Waals surface area contributed by atoms with Crippen LogP contribution in [0.3, 0.4) is 0 Å². The van der Waals surface area contributed by atoms with Gasteiger partial charge in [0.2, 0.25) is 5.91 Å². The average Bonchev–Trinajstić information content (AvgIpc) is 2.53. The highest BCUT2D eigenvalue weighted by Gasteiger charge is 2.17. The van der Waals surface area contributed by atoms with E-state index in [1.54, 1.807) is 13.0 Å². The van der Waals surface area contributed by atoms with E-state index < -0.39 is 23.9 Å². The summed E-state index contributed by atoms with van der Waals surface area (Å²) in [5, 5.41) is 0.707. The van der Waals surface area contributed by atoms with Gasteiger partial charge in [0.1, 0.15) is 5.75 Å². The summed E-state index contributed by atoms with van der Waals surface area (Å²) in [5.41, 5.74) is 4.39. The molecule has 0 aliphatic rings. The first-order valence-corrected chi connectivity index (χ1v) is 7.95. The zero-order valence-electron chi connectivity index (χ0n) is 13.2. The Hall–Kier alpha value is -1.99. The molecule has 1 aromatic rings. The standard InChI is InChI=1S/C15H18Cl2N2O5/c1-3-23-14(21)7-6-13(20)18-19-15(22)9(2)24-12-5-4-10(16)8-11(12)17/h4-5,8-9H,3,6-7H2,1-2H3,(H,18,20)(H,19,22). The van der Waals surface area contributed by atoms with Crippen molar-refractivity contribution in [1.82, 2.24) is 10.9 Å². The van der Waals surface area contributed by atoms with Crippen LogP contribution < -0.4 is 15.6 Å². The van der Waals surface area contributed by atoms with E-state index >= 15 is 0 Å². The predicted octanol–water partition coefficient (Wildman–Crippen LogP) is 2.25. The van der Waals surface area contributed by atoms with Crippen LogP contribution in [-0.2, 0) is 19.1 Å². The molecule has 2 N–H and O–H groups in total. The number of hydrazine groups is 1. The van der Waals surface area contributed by atoms with Gasteiger partial charge in [0.05, 0.1) is 18.1 Å². The van der Waals surface area contributed by atoms with Crippen LogP contribution in [0, 0.1) is 0 Å². The number of benzene rings is 1. The van der Waals surface area contributed by atoms with Crippen LogP contribution in [-0.4, -0.2) is 30.5 Å². The first-order chi connectivity index (χ1) is 11.3. The van der Waals surface area contributed by atoms with Crippen molar-refractivity contribution in [2.45, 2.75) is 32.8 Å². The van der Waals surface area contributed by atoms with Gasteiger partial charge in [-0.3, -0.25) is 25.2 Å². The zero-order chi connectivity index (χ0) is 18.1. The summed E-state index contributed by atoms with van der Waals surface area (Å²) in [6.45, 7) is 3.41. The van der Waals surface area contributed by atoms with E-state index in [9.17, 15) is 14.4 Å². The molecule has 0 aliphatic carbocycles. The lowest BCUT2D eigenvalue weighted by molar-refractivity contribution is -0.144. The highest BCUT2D eigenvalue weighted by molar-refractivity contribution is 6.35. The van der Waals surface area contributed by atoms with Crippen LogP contribution in [0.1, 0.15) is 26.7 Å². The van der Waals surface area contributed by atoms with Gasteiger partial charge in [0.25, 0.3) is 5.91 Å². The van der Waals surface area contributed by atoms with Crippen LogP contribution >= 0.6 is 23.2 Å². The van der Waals surface area contributed by atoms with Crippen LogP contribution in [0.2, 0.25) is 10.0 Å². The molecule has 0 aromatic heterocycles. The van der Waals surface area contributed by atoms with Gasteiger partial charge in [-0.05, 0) is 32.0 Å². The summed E-state index contributed by atoms with van der Waals surface area (Å²) >= 11 is 11.7. The lowest BCUT2D eigenvalue weighted by atomic mass is 10.3. The summed E-state index contributed by atoms with van der Waals surface area (Å²) in [5.74, 6) is -1.29. The van der Waals surface area contributed by atoms with Crippen LogP contribution in [0.4, 0.5) is 0 Å². The fourth-order valence-electron chi connectivity index (χ4n) is 1.56. The number of rotatable bonds is 7. The summed E-state index contributed by atoms with van der Waals surface area (Å²) in [6.07, 6.45) is -1.08. The van der Waals surface area contributed by atoms with Crippen LogP contribution in [0.15, 0.2) is 18.2 Å². The molecule has 2 amide bonds. The number of ether oxygens (including phenoxy) is 2. The highest BCUT2D eigenvalue weighted by Crippen LogP contribution is 2.28. The van der Waals surface area contributed by atoms with E-state index in [1.807, 2.05) is 0 Å². The molecule has 24 heavy (non-hydrogen) atoms. The van der Waals surface area contributed by atoms with Crippen molar-refractivity contribution in [2.24, 2.45) is 0 Å². The van der Waals surface area contributed by atoms with E-state index in [0.29, 0.717) is 5.02 Å². The molecule has 1 unspecified atom stereocenters. The SMILES string of the molecule is CCOC(=O)CCC(=O)NNC(=O)C(C)Oc1ccc(Cl)cc1Cl. The summed E-state index contributed by atoms with van der Waals surface area (Å²) < 4.78 is 10.1. The maximum absolute atomic E-state index is 11.9. The maximum Gasteiger partial charge on any atom is 0.306 e. The smallest absolute Gasteiger partial charge is 0.306 e. The Morgan fingerprint density at radius 2 is 1.88 bits per heavy atom. The maximum atomic E-state index is 11.9. The summed E-state index contributed by atoms with van der Waals surface area (Å²) in [6, 6.07) is 4.59. The van der Waals surface area contributed by atoms with Gasteiger partial charge in [-0.1, -0.05) is 23.2 Å². The lowest BCUT2D eigenvalue weighted by Gasteiger charge is -2.16. The molecule has 0 bridgehead atoms. The molecule has 0 heterocycles. The molecular weight excluding hydrogens is 359 g/mol. The zero-order valence-corrected chi connectivity index (χ0v) is 14.7. The van der Waals surface area contributed by atoms with Crippen molar-refractivity contribution in [2.75, 3.05) is 6.61 Å². The van der Waals surface area contributed by atoms with Crippen LogP contribution in [0.25, 0.3) is 0 Å². The quantitative estimate of drug-likeness (QED) is 0.562. The minimum atomic E-state index is -0.908. The van der Waals surface area contributed by atoms with Crippen LogP contribution in [0.5, 0.6) is 5.75 Å². The second-order valence-electron chi connectivity index (χ2n) is 4.68. The Labute approximate surface area is 149 Å². The van der Waals surface area contributed by atoms with Crippen molar-refractivity contribution >= 4 is 41.0 Å². The number of nitrogens with one attached hydrogen (secondary N) is 2. The predicted molar refractivity (Wildman–Crippen MR) is 88.7 cm³/mol. The largest absolute Gasteiger partial charge is 0.479 e. The Morgan fingerprint density at radius 3 is 2.50 bits per heavy atom. The average molecular weight is 377 g/mol. The van der Waals surface area contributed by atoms with Crippen molar-refractivity contribution in [3.8, 4) is 5.75 Å². The fraction of sp³-hybridized carbons (Fsp3) is 0.400. The number of amides is 2. The Bertz CT molecular complexity index is 610. The highest BCUT2D eigenvalue weighted by atomic mass is 35.5. The number of carbonyl (C=O) groups is 3. The normalized spacial score (nSPS) is 11.3. The molecule has 0 aliphatic heterocycles. The molecule has 9 heteroatoms. The second kappa shape index (κ2) is 10.00. The molecular formula is C15H18Cl2N2O5. The monoisotopic (exact) mass is 376 g/mol. The Kier molecular flexibility index (Phi) is 8.35. The van der Waals surface area contributed by atoms with E-state index in [0.717, 1.165) is 0 Å². The first-order valence-electron chi connectivity index (χ1n) is 7.19. The third-order valence-corrected chi connectivity index (χ3v) is 3.28. The Morgan fingerprint density at radius 1 is 1.17 bits per heavy atom. The third-order valence-electron chi connectivity index (χ3n) is 2.75. The van der Waals surface area contributed by atoms with Gasteiger partial charge in [-0.2, -0.15) is 0 Å². The lowest BCUT2D eigenvalue weighted by Crippen LogP contribution is -2.47. The van der Waals surface area contributed by atoms with Crippen molar-refractivity contribution in [1.29, 1.82) is 0 Å². The molecule has 0 spiro atoms. The molecule has 1 atom stereocenters. The fourth-order valence-corrected chi connectivity index (χ4v) is 2.01. The van der Waals surface area contributed by atoms with E-state index in [-0.39, 0.29) is 30.2 Å². The van der Waals surface area contributed by atoms with Gasteiger partial charge >= 0.3 is 5.97 Å². The molecule has 1 rings (SSSR count). The molecule has 0 saturated carbocycles. The number of halogens is 2. The van der Waals surface area contributed by atoms with Gasteiger partial charge in [-0.15, -0.1) is 0 Å². The third kappa shape index (κ3) is 7.06. The van der Waals surface area contributed by atoms with E-state index in [1.165, 1.54) is 19.1 Å². The van der Waals surface area contributed by atoms with Gasteiger partial charge in [0.15, 0.2) is 6.10 Å². The molecule has 7 nitrogen and oxygen atoms in total. The summed E-state index contributed by atoms with van der Waals surface area (Å²) in [4.78, 5) is 34.5. The number of esters is 1. The van der Waals surface area contributed by atoms with Crippen molar-refractivity contribution < 1.29 is 23.9 Å². The molecule has 0 fully saturated rings. The second-order valence-corrected chi connectivity index (χ2v) is 5.52. The summed E-state index contributed by atoms with van der Waals surface area (Å²) in [7, 11) is 0. The number of hydrogen-bond donors (Lipinski definition) is 2. The number of hydrogen-bond acceptors (Lipinski definition) is 5. The minimum Gasteiger partial charge on any atom is -0.479 e. The van der Waals surface area contributed by atoms with E-state index in [2.05, 4.69) is 10.9 Å². The molecule has 132 valence electrons. The van der Waals surface area contributed by atoms with Gasteiger partial charge < -0.3 is 9.47 Å². The Balaban J connectivity index is 2.38. The van der Waals surface area contributed by atoms with Crippen molar-refractivity contribution in [3.63, 3.8) is 0 Å². The van der Waals surface area contributed by atoms with Crippen molar-refractivity contribution in [3.05, 3.63) is 28.2 Å². The first kappa shape index (κ1) is 20.1. The minimum absolute atomic E-state index is 0.0675. The van der Waals surface area contributed by atoms with Gasteiger partial charge in [0, 0.05) is 11.4 Å². The number of carbonyl (C=O) groups excluding carboxylic acids is 3. The molecule has 0 saturated heterocycles. The van der Waals surface area contributed by atoms with Gasteiger partial charge in [-0.25, -0.2) is 0 Å². The molecule has 0 radical (unpaired) electrons. The molecule has 1 aromatic carbocycles. The topological polar surface area (TPSA) is 93.7 Å². The van der Waals surface area contributed by atoms with E-state index in [4.69, 9.17) is 32.7 Å².